The van der Waals surface area contributed by atoms with Crippen molar-refractivity contribution in [3.8, 4) is 0 Å². The van der Waals surface area contributed by atoms with Gasteiger partial charge in [-0.25, -0.2) is 13.2 Å². The Morgan fingerprint density at radius 2 is 1.95 bits per heavy atom. The molecule has 0 fully saturated rings. The Morgan fingerprint density at radius 3 is 2.45 bits per heavy atom. The lowest BCUT2D eigenvalue weighted by Gasteiger charge is -2.15. The van der Waals surface area contributed by atoms with Gasteiger partial charge in [0.05, 0.1) is 16.6 Å². The number of benzene rings is 1. The predicted octanol–water partition coefficient (Wildman–Crippen LogP) is 3.97. The van der Waals surface area contributed by atoms with E-state index >= 15 is 0 Å². The largest absolute Gasteiger partial charge is 0.459 e. The Balaban J connectivity index is 2.95. The third kappa shape index (κ3) is 5.07. The molecule has 20 heavy (non-hydrogen) atoms. The smallest absolute Gasteiger partial charge is 0.338 e. The van der Waals surface area contributed by atoms with Gasteiger partial charge in [-0.3, -0.25) is 0 Å². The minimum Gasteiger partial charge on any atom is -0.459 e. The Labute approximate surface area is 132 Å². The molecule has 1 rings (SSSR count). The first-order valence-corrected chi connectivity index (χ1v) is 9.16. The van der Waals surface area contributed by atoms with Crippen molar-refractivity contribution in [3.05, 3.63) is 28.2 Å². The molecule has 0 N–H and O–H groups in total. The SMILES string of the molecule is CC(C)CC(C)OC(=O)c1ccc(Br)c(S(=O)(=O)Cl)c1. The standard InChI is InChI=1S/C13H16BrClO4S/c1-8(2)6-9(3)19-13(16)10-4-5-11(14)12(7-10)20(15,17)18/h4-5,7-9H,6H2,1-3H3. The van der Waals surface area contributed by atoms with Crippen LogP contribution in [0.15, 0.2) is 27.6 Å². The van der Waals surface area contributed by atoms with E-state index in [0.29, 0.717) is 10.4 Å². The molecule has 0 bridgehead atoms. The first-order valence-electron chi connectivity index (χ1n) is 6.06. The van der Waals surface area contributed by atoms with Gasteiger partial charge >= 0.3 is 5.97 Å². The second kappa shape index (κ2) is 6.91. The van der Waals surface area contributed by atoms with Crippen molar-refractivity contribution in [1.82, 2.24) is 0 Å². The highest BCUT2D eigenvalue weighted by atomic mass is 79.9. The number of rotatable bonds is 5. The maximum Gasteiger partial charge on any atom is 0.338 e. The van der Waals surface area contributed by atoms with E-state index in [1.165, 1.54) is 18.2 Å². The summed E-state index contributed by atoms with van der Waals surface area (Å²) in [5, 5.41) is 0. The average Bonchev–Trinajstić information content (AvgIpc) is 2.26. The third-order valence-corrected chi connectivity index (χ3v) is 4.86. The van der Waals surface area contributed by atoms with E-state index in [2.05, 4.69) is 15.9 Å². The van der Waals surface area contributed by atoms with Crippen molar-refractivity contribution >= 4 is 41.6 Å². The summed E-state index contributed by atoms with van der Waals surface area (Å²) in [5.74, 6) is -0.159. The molecule has 1 unspecified atom stereocenters. The van der Waals surface area contributed by atoms with Gasteiger partial charge in [0.25, 0.3) is 9.05 Å². The molecule has 0 amide bonds. The van der Waals surface area contributed by atoms with Crippen molar-refractivity contribution in [2.24, 2.45) is 5.92 Å². The van der Waals surface area contributed by atoms with Gasteiger partial charge in [0.15, 0.2) is 0 Å². The molecule has 0 aliphatic carbocycles. The quantitative estimate of drug-likeness (QED) is 0.570. The van der Waals surface area contributed by atoms with Gasteiger partial charge in [0, 0.05) is 15.2 Å². The molecule has 1 aromatic rings. The first-order chi connectivity index (χ1) is 9.11. The number of esters is 1. The van der Waals surface area contributed by atoms with E-state index in [9.17, 15) is 13.2 Å². The number of hydrogen-bond acceptors (Lipinski definition) is 4. The van der Waals surface area contributed by atoms with Gasteiger partial charge in [-0.15, -0.1) is 0 Å². The lowest BCUT2D eigenvalue weighted by molar-refractivity contribution is 0.0299. The van der Waals surface area contributed by atoms with Gasteiger partial charge in [-0.05, 0) is 53.4 Å². The van der Waals surface area contributed by atoms with Crippen LogP contribution in [0.3, 0.4) is 0 Å². The zero-order valence-corrected chi connectivity index (χ0v) is 14.5. The Bertz CT molecular complexity index is 598. The van der Waals surface area contributed by atoms with Crippen LogP contribution in [-0.2, 0) is 13.8 Å². The van der Waals surface area contributed by atoms with Crippen molar-refractivity contribution in [2.45, 2.75) is 38.2 Å². The molecular formula is C13H16BrClO4S. The summed E-state index contributed by atoms with van der Waals surface area (Å²) >= 11 is 3.08. The van der Waals surface area contributed by atoms with Crippen LogP contribution < -0.4 is 0 Å². The van der Waals surface area contributed by atoms with E-state index < -0.39 is 15.0 Å². The molecular weight excluding hydrogens is 368 g/mol. The Hall–Kier alpha value is -0.590. The lowest BCUT2D eigenvalue weighted by atomic mass is 10.1. The number of ether oxygens (including phenoxy) is 1. The van der Waals surface area contributed by atoms with E-state index in [-0.39, 0.29) is 16.6 Å². The van der Waals surface area contributed by atoms with Crippen molar-refractivity contribution in [1.29, 1.82) is 0 Å². The van der Waals surface area contributed by atoms with Crippen molar-refractivity contribution < 1.29 is 17.9 Å². The molecule has 0 heterocycles. The molecule has 0 saturated heterocycles. The minimum absolute atomic E-state index is 0.148. The van der Waals surface area contributed by atoms with Crippen LogP contribution in [0.25, 0.3) is 0 Å². The second-order valence-corrected chi connectivity index (χ2v) is 8.32. The number of halogens is 2. The molecule has 0 aromatic heterocycles. The van der Waals surface area contributed by atoms with Crippen molar-refractivity contribution in [3.63, 3.8) is 0 Å². The summed E-state index contributed by atoms with van der Waals surface area (Å²) in [4.78, 5) is 11.8. The van der Waals surface area contributed by atoms with Crippen LogP contribution in [-0.4, -0.2) is 20.5 Å². The van der Waals surface area contributed by atoms with Gasteiger partial charge < -0.3 is 4.74 Å². The van der Waals surface area contributed by atoms with E-state index in [4.69, 9.17) is 15.4 Å². The number of carbonyl (C=O) groups is 1. The zero-order valence-electron chi connectivity index (χ0n) is 11.4. The summed E-state index contributed by atoms with van der Waals surface area (Å²) in [6.45, 7) is 5.86. The molecule has 0 radical (unpaired) electrons. The second-order valence-electron chi connectivity index (χ2n) is 4.93. The molecule has 4 nitrogen and oxygen atoms in total. The predicted molar refractivity (Wildman–Crippen MR) is 81.5 cm³/mol. The fourth-order valence-corrected chi connectivity index (χ4v) is 3.90. The molecule has 0 aliphatic heterocycles. The van der Waals surface area contributed by atoms with Crippen LogP contribution in [0.4, 0.5) is 0 Å². The topological polar surface area (TPSA) is 60.4 Å². The highest BCUT2D eigenvalue weighted by Crippen LogP contribution is 2.26. The highest BCUT2D eigenvalue weighted by Gasteiger charge is 2.19. The van der Waals surface area contributed by atoms with Gasteiger partial charge in [0.2, 0.25) is 0 Å². The summed E-state index contributed by atoms with van der Waals surface area (Å²) < 4.78 is 28.3. The first kappa shape index (κ1) is 17.5. The maximum atomic E-state index is 12.0. The molecule has 0 saturated carbocycles. The molecule has 0 aliphatic rings. The normalized spacial score (nSPS) is 13.3. The van der Waals surface area contributed by atoms with Gasteiger partial charge in [-0.2, -0.15) is 0 Å². The molecule has 7 heteroatoms. The summed E-state index contributed by atoms with van der Waals surface area (Å²) in [7, 11) is 1.39. The van der Waals surface area contributed by atoms with E-state index in [0.717, 1.165) is 6.42 Å². The van der Waals surface area contributed by atoms with Gasteiger partial charge in [-0.1, -0.05) is 13.8 Å². The molecule has 112 valence electrons. The molecule has 0 spiro atoms. The van der Waals surface area contributed by atoms with E-state index in [1.54, 1.807) is 6.92 Å². The zero-order chi connectivity index (χ0) is 15.5. The van der Waals surface area contributed by atoms with Crippen LogP contribution in [0.1, 0.15) is 37.6 Å². The fourth-order valence-electron chi connectivity index (χ4n) is 1.78. The van der Waals surface area contributed by atoms with E-state index in [1.807, 2.05) is 13.8 Å². The number of carbonyl (C=O) groups excluding carboxylic acids is 1. The maximum absolute atomic E-state index is 12.0. The number of hydrogen-bond donors (Lipinski definition) is 0. The monoisotopic (exact) mass is 382 g/mol. The van der Waals surface area contributed by atoms with Crippen LogP contribution >= 0.6 is 26.6 Å². The summed E-state index contributed by atoms with van der Waals surface area (Å²) in [6, 6.07) is 4.15. The van der Waals surface area contributed by atoms with Crippen LogP contribution in [0.5, 0.6) is 0 Å². The van der Waals surface area contributed by atoms with Crippen molar-refractivity contribution in [2.75, 3.05) is 0 Å². The Kier molecular flexibility index (Phi) is 6.04. The lowest BCUT2D eigenvalue weighted by Crippen LogP contribution is -2.17. The third-order valence-electron chi connectivity index (χ3n) is 2.54. The fraction of sp³-hybridized carbons (Fsp3) is 0.462. The Morgan fingerprint density at radius 1 is 1.35 bits per heavy atom. The van der Waals surface area contributed by atoms with Gasteiger partial charge in [0.1, 0.15) is 0 Å². The minimum atomic E-state index is -3.92. The molecule has 1 aromatic carbocycles. The summed E-state index contributed by atoms with van der Waals surface area (Å²) in [6.07, 6.45) is 0.505. The van der Waals surface area contributed by atoms with Crippen LogP contribution in [0.2, 0.25) is 0 Å². The average molecular weight is 384 g/mol. The molecule has 1 atom stereocenters. The van der Waals surface area contributed by atoms with Crippen LogP contribution in [0, 0.1) is 5.92 Å². The highest BCUT2D eigenvalue weighted by molar-refractivity contribution is 9.10. The summed E-state index contributed by atoms with van der Waals surface area (Å²) in [5.41, 5.74) is 0.156.